The zero-order valence-corrected chi connectivity index (χ0v) is 5.91. The zero-order chi connectivity index (χ0) is 6.69. The molecular formula is C7H7FS. The normalized spacial score (nSPS) is 10.9. The molecule has 0 bridgehead atoms. The Balaban J connectivity index is 2.94. The number of hydrogen-bond donors (Lipinski definition) is 0. The second-order valence-corrected chi connectivity index (χ2v) is 2.42. The van der Waals surface area contributed by atoms with Crippen molar-refractivity contribution >= 4 is 17.4 Å². The molecule has 1 heterocycles. The van der Waals surface area contributed by atoms with Crippen molar-refractivity contribution in [1.29, 1.82) is 0 Å². The summed E-state index contributed by atoms with van der Waals surface area (Å²) in [6.45, 7) is 1.87. The molecule has 48 valence electrons. The summed E-state index contributed by atoms with van der Waals surface area (Å²) in [5.41, 5.74) is 0.683. The first-order chi connectivity index (χ1) is 4.34. The molecule has 1 aromatic rings. The fourth-order valence-corrected chi connectivity index (χ4v) is 1.25. The van der Waals surface area contributed by atoms with Gasteiger partial charge < -0.3 is 0 Å². The molecule has 0 saturated heterocycles. The molecule has 1 aromatic heterocycles. The van der Waals surface area contributed by atoms with E-state index in [9.17, 15) is 4.39 Å². The van der Waals surface area contributed by atoms with Crippen molar-refractivity contribution in [3.63, 3.8) is 0 Å². The molecule has 0 spiro atoms. The van der Waals surface area contributed by atoms with Gasteiger partial charge in [-0.3, -0.25) is 0 Å². The van der Waals surface area contributed by atoms with E-state index in [1.54, 1.807) is 11.5 Å². The van der Waals surface area contributed by atoms with Crippen LogP contribution in [-0.4, -0.2) is 0 Å². The van der Waals surface area contributed by atoms with Gasteiger partial charge >= 0.3 is 0 Å². The van der Waals surface area contributed by atoms with Crippen LogP contribution in [-0.2, 0) is 0 Å². The lowest BCUT2D eigenvalue weighted by Crippen LogP contribution is -1.67. The van der Waals surface area contributed by atoms with E-state index in [-0.39, 0.29) is 5.82 Å². The first kappa shape index (κ1) is 6.49. The molecule has 0 radical (unpaired) electrons. The topological polar surface area (TPSA) is 0 Å². The Bertz CT molecular complexity index is 212. The summed E-state index contributed by atoms with van der Waals surface area (Å²) in [7, 11) is 0. The maximum absolute atomic E-state index is 12.5. The highest BCUT2D eigenvalue weighted by atomic mass is 32.1. The fourth-order valence-electron chi connectivity index (χ4n) is 0.590. The monoisotopic (exact) mass is 142 g/mol. The minimum atomic E-state index is -0.127. The van der Waals surface area contributed by atoms with Gasteiger partial charge in [-0.25, -0.2) is 4.39 Å². The molecule has 0 atom stereocenters. The van der Waals surface area contributed by atoms with Crippen LogP contribution in [0.1, 0.15) is 12.5 Å². The van der Waals surface area contributed by atoms with Crippen molar-refractivity contribution in [2.45, 2.75) is 6.92 Å². The van der Waals surface area contributed by atoms with E-state index < -0.39 is 0 Å². The van der Waals surface area contributed by atoms with E-state index in [0.29, 0.717) is 5.56 Å². The SMILES string of the molecule is C/C=C/c1cscc1F. The minimum Gasteiger partial charge on any atom is -0.205 e. The van der Waals surface area contributed by atoms with Crippen molar-refractivity contribution in [2.24, 2.45) is 0 Å². The summed E-state index contributed by atoms with van der Waals surface area (Å²) in [5.74, 6) is -0.127. The Morgan fingerprint density at radius 3 is 2.78 bits per heavy atom. The average Bonchev–Trinajstić information content (AvgIpc) is 2.18. The van der Waals surface area contributed by atoms with E-state index in [0.717, 1.165) is 0 Å². The van der Waals surface area contributed by atoms with E-state index in [1.165, 1.54) is 16.7 Å². The Hall–Kier alpha value is -0.630. The van der Waals surface area contributed by atoms with Gasteiger partial charge in [0.05, 0.1) is 0 Å². The summed E-state index contributed by atoms with van der Waals surface area (Å²) in [5, 5.41) is 3.28. The average molecular weight is 142 g/mol. The summed E-state index contributed by atoms with van der Waals surface area (Å²) in [4.78, 5) is 0. The first-order valence-corrected chi connectivity index (χ1v) is 3.63. The van der Waals surface area contributed by atoms with Crippen LogP contribution in [0.4, 0.5) is 4.39 Å². The van der Waals surface area contributed by atoms with Crippen LogP contribution >= 0.6 is 11.3 Å². The summed E-state index contributed by atoms with van der Waals surface area (Å²) < 4.78 is 12.5. The molecule has 0 aliphatic heterocycles. The number of allylic oxidation sites excluding steroid dienone is 1. The molecule has 0 aliphatic rings. The highest BCUT2D eigenvalue weighted by Crippen LogP contribution is 2.13. The number of thiophene rings is 1. The van der Waals surface area contributed by atoms with Gasteiger partial charge in [0.1, 0.15) is 5.82 Å². The van der Waals surface area contributed by atoms with Crippen molar-refractivity contribution in [3.05, 3.63) is 28.2 Å². The lowest BCUT2D eigenvalue weighted by molar-refractivity contribution is 0.631. The molecule has 0 N–H and O–H groups in total. The molecule has 1 rings (SSSR count). The molecule has 0 saturated carbocycles. The van der Waals surface area contributed by atoms with Crippen LogP contribution in [0.5, 0.6) is 0 Å². The Kier molecular flexibility index (Phi) is 2.01. The highest BCUT2D eigenvalue weighted by molar-refractivity contribution is 7.08. The predicted molar refractivity (Wildman–Crippen MR) is 39.0 cm³/mol. The molecule has 0 unspecified atom stereocenters. The fraction of sp³-hybridized carbons (Fsp3) is 0.143. The van der Waals surface area contributed by atoms with Crippen LogP contribution in [0.25, 0.3) is 6.08 Å². The lowest BCUT2D eigenvalue weighted by Gasteiger charge is -1.81. The van der Waals surface area contributed by atoms with Crippen molar-refractivity contribution in [1.82, 2.24) is 0 Å². The van der Waals surface area contributed by atoms with Crippen LogP contribution in [0.2, 0.25) is 0 Å². The molecule has 9 heavy (non-hydrogen) atoms. The van der Waals surface area contributed by atoms with E-state index in [4.69, 9.17) is 0 Å². The third-order valence-corrected chi connectivity index (χ3v) is 1.72. The standard InChI is InChI=1S/C7H7FS/c1-2-3-6-4-9-5-7(6)8/h2-5H,1H3/b3-2+. The van der Waals surface area contributed by atoms with Crippen LogP contribution in [0, 0.1) is 5.82 Å². The van der Waals surface area contributed by atoms with Crippen molar-refractivity contribution < 1.29 is 4.39 Å². The minimum absolute atomic E-state index is 0.127. The van der Waals surface area contributed by atoms with Gasteiger partial charge in [-0.2, -0.15) is 0 Å². The van der Waals surface area contributed by atoms with Gasteiger partial charge in [-0.1, -0.05) is 12.2 Å². The lowest BCUT2D eigenvalue weighted by atomic mass is 10.3. The Morgan fingerprint density at radius 1 is 1.56 bits per heavy atom. The van der Waals surface area contributed by atoms with E-state index in [1.807, 2.05) is 13.0 Å². The van der Waals surface area contributed by atoms with Gasteiger partial charge in [0.2, 0.25) is 0 Å². The molecule has 0 fully saturated rings. The molecule has 2 heteroatoms. The quantitative estimate of drug-likeness (QED) is 0.565. The van der Waals surface area contributed by atoms with Gasteiger partial charge in [0, 0.05) is 16.3 Å². The largest absolute Gasteiger partial charge is 0.205 e. The maximum Gasteiger partial charge on any atom is 0.141 e. The predicted octanol–water partition coefficient (Wildman–Crippen LogP) is 2.92. The molecular weight excluding hydrogens is 135 g/mol. The zero-order valence-electron chi connectivity index (χ0n) is 5.10. The second kappa shape index (κ2) is 2.78. The molecule has 0 amide bonds. The van der Waals surface area contributed by atoms with Crippen molar-refractivity contribution in [3.8, 4) is 0 Å². The number of rotatable bonds is 1. The Labute approximate surface area is 57.6 Å². The van der Waals surface area contributed by atoms with Crippen LogP contribution < -0.4 is 0 Å². The van der Waals surface area contributed by atoms with Gasteiger partial charge in [-0.15, -0.1) is 11.3 Å². The number of halogens is 1. The van der Waals surface area contributed by atoms with E-state index >= 15 is 0 Å². The van der Waals surface area contributed by atoms with E-state index in [2.05, 4.69) is 0 Å². The smallest absolute Gasteiger partial charge is 0.141 e. The molecule has 0 aliphatic carbocycles. The van der Waals surface area contributed by atoms with Crippen molar-refractivity contribution in [2.75, 3.05) is 0 Å². The van der Waals surface area contributed by atoms with Crippen LogP contribution in [0.3, 0.4) is 0 Å². The maximum atomic E-state index is 12.5. The third-order valence-electron chi connectivity index (χ3n) is 0.989. The summed E-state index contributed by atoms with van der Waals surface area (Å²) >= 11 is 1.38. The van der Waals surface area contributed by atoms with Crippen LogP contribution in [0.15, 0.2) is 16.8 Å². The molecule has 0 aromatic carbocycles. The first-order valence-electron chi connectivity index (χ1n) is 2.69. The number of hydrogen-bond acceptors (Lipinski definition) is 1. The second-order valence-electron chi connectivity index (χ2n) is 1.68. The summed E-state index contributed by atoms with van der Waals surface area (Å²) in [6, 6.07) is 0. The highest BCUT2D eigenvalue weighted by Gasteiger charge is 1.95. The van der Waals surface area contributed by atoms with Gasteiger partial charge in [0.15, 0.2) is 0 Å². The summed E-state index contributed by atoms with van der Waals surface area (Å²) in [6.07, 6.45) is 3.58. The Morgan fingerprint density at radius 2 is 2.33 bits per heavy atom. The molecule has 0 nitrogen and oxygen atoms in total. The third kappa shape index (κ3) is 1.39. The van der Waals surface area contributed by atoms with Gasteiger partial charge in [0.25, 0.3) is 0 Å². The van der Waals surface area contributed by atoms with Gasteiger partial charge in [-0.05, 0) is 6.92 Å².